The lowest BCUT2D eigenvalue weighted by Crippen LogP contribution is -2.22. The molecule has 1 aromatic rings. The van der Waals surface area contributed by atoms with Gasteiger partial charge in [0.1, 0.15) is 0 Å². The number of hydrogen-bond acceptors (Lipinski definition) is 1. The quantitative estimate of drug-likeness (QED) is 0.760. The van der Waals surface area contributed by atoms with Crippen molar-refractivity contribution in [2.24, 2.45) is 0 Å². The van der Waals surface area contributed by atoms with Gasteiger partial charge in [0.15, 0.2) is 0 Å². The predicted octanol–water partition coefficient (Wildman–Crippen LogP) is 4.61. The summed E-state index contributed by atoms with van der Waals surface area (Å²) in [7, 11) is 0. The second kappa shape index (κ2) is 6.29. The van der Waals surface area contributed by atoms with Gasteiger partial charge < -0.3 is 5.32 Å². The summed E-state index contributed by atoms with van der Waals surface area (Å²) >= 11 is 12.0. The SMILES string of the molecule is C=C(C)CNC(CC)c1ccc(Cl)cc1Cl. The first-order valence-corrected chi connectivity index (χ1v) is 6.13. The van der Waals surface area contributed by atoms with Crippen molar-refractivity contribution < 1.29 is 0 Å². The van der Waals surface area contributed by atoms with E-state index in [1.54, 1.807) is 6.07 Å². The molecule has 3 heteroatoms. The lowest BCUT2D eigenvalue weighted by atomic mass is 10.0. The summed E-state index contributed by atoms with van der Waals surface area (Å²) in [6.07, 6.45) is 0.981. The largest absolute Gasteiger partial charge is 0.306 e. The van der Waals surface area contributed by atoms with Crippen LogP contribution in [0.5, 0.6) is 0 Å². The molecule has 0 saturated carbocycles. The molecule has 0 aliphatic carbocycles. The number of nitrogens with one attached hydrogen (secondary N) is 1. The van der Waals surface area contributed by atoms with E-state index in [1.165, 1.54) is 0 Å². The van der Waals surface area contributed by atoms with Crippen molar-refractivity contribution in [3.05, 3.63) is 46.0 Å². The van der Waals surface area contributed by atoms with Crippen molar-refractivity contribution in [1.82, 2.24) is 5.32 Å². The van der Waals surface area contributed by atoms with Crippen LogP contribution in [0.4, 0.5) is 0 Å². The second-order valence-electron chi connectivity index (χ2n) is 3.96. The summed E-state index contributed by atoms with van der Waals surface area (Å²) in [5, 5.41) is 4.80. The molecule has 0 amide bonds. The monoisotopic (exact) mass is 257 g/mol. The summed E-state index contributed by atoms with van der Waals surface area (Å²) in [5.74, 6) is 0. The van der Waals surface area contributed by atoms with E-state index in [0.29, 0.717) is 10.0 Å². The Morgan fingerprint density at radius 1 is 1.44 bits per heavy atom. The standard InChI is InChI=1S/C13H17Cl2N/c1-4-13(16-8-9(2)3)11-6-5-10(14)7-12(11)15/h5-7,13,16H,2,4,8H2,1,3H3. The van der Waals surface area contributed by atoms with Crippen molar-refractivity contribution in [2.45, 2.75) is 26.3 Å². The fourth-order valence-electron chi connectivity index (χ4n) is 1.56. The maximum atomic E-state index is 6.17. The normalized spacial score (nSPS) is 12.5. The Hall–Kier alpha value is -0.500. The fourth-order valence-corrected chi connectivity index (χ4v) is 2.10. The molecule has 0 aliphatic heterocycles. The van der Waals surface area contributed by atoms with Crippen LogP contribution in [0.1, 0.15) is 31.9 Å². The lowest BCUT2D eigenvalue weighted by Gasteiger charge is -2.19. The van der Waals surface area contributed by atoms with Crippen LogP contribution in [0.3, 0.4) is 0 Å². The Bertz CT molecular complexity index is 374. The highest BCUT2D eigenvalue weighted by Crippen LogP contribution is 2.27. The zero-order valence-corrected chi connectivity index (χ0v) is 11.2. The van der Waals surface area contributed by atoms with Gasteiger partial charge in [-0.1, -0.05) is 48.3 Å². The van der Waals surface area contributed by atoms with Crippen molar-refractivity contribution in [3.63, 3.8) is 0 Å². The molecule has 88 valence electrons. The van der Waals surface area contributed by atoms with E-state index in [4.69, 9.17) is 23.2 Å². The maximum Gasteiger partial charge on any atom is 0.0468 e. The highest BCUT2D eigenvalue weighted by atomic mass is 35.5. The van der Waals surface area contributed by atoms with Crippen LogP contribution >= 0.6 is 23.2 Å². The van der Waals surface area contributed by atoms with Gasteiger partial charge in [-0.15, -0.1) is 0 Å². The van der Waals surface area contributed by atoms with Gasteiger partial charge in [0.05, 0.1) is 0 Å². The summed E-state index contributed by atoms with van der Waals surface area (Å²) in [4.78, 5) is 0. The Kier molecular flexibility index (Phi) is 5.33. The first kappa shape index (κ1) is 13.6. The number of halogens is 2. The van der Waals surface area contributed by atoms with E-state index in [0.717, 1.165) is 24.1 Å². The van der Waals surface area contributed by atoms with Gasteiger partial charge in [-0.3, -0.25) is 0 Å². The smallest absolute Gasteiger partial charge is 0.0468 e. The van der Waals surface area contributed by atoms with Crippen molar-refractivity contribution in [1.29, 1.82) is 0 Å². The van der Waals surface area contributed by atoms with Gasteiger partial charge in [-0.25, -0.2) is 0 Å². The minimum Gasteiger partial charge on any atom is -0.306 e. The van der Waals surface area contributed by atoms with E-state index in [9.17, 15) is 0 Å². The molecule has 16 heavy (non-hydrogen) atoms. The van der Waals surface area contributed by atoms with Crippen molar-refractivity contribution in [2.75, 3.05) is 6.54 Å². The molecule has 1 aromatic carbocycles. The zero-order valence-electron chi connectivity index (χ0n) is 9.69. The lowest BCUT2D eigenvalue weighted by molar-refractivity contribution is 0.544. The minimum absolute atomic E-state index is 0.251. The molecule has 1 rings (SSSR count). The average molecular weight is 258 g/mol. The molecular formula is C13H17Cl2N. The van der Waals surface area contributed by atoms with Crippen LogP contribution in [-0.4, -0.2) is 6.54 Å². The van der Waals surface area contributed by atoms with Crippen LogP contribution in [0.15, 0.2) is 30.4 Å². The first-order valence-electron chi connectivity index (χ1n) is 5.37. The third-order valence-corrected chi connectivity index (χ3v) is 2.96. The van der Waals surface area contributed by atoms with Crippen LogP contribution in [0.2, 0.25) is 10.0 Å². The molecular weight excluding hydrogens is 241 g/mol. The van der Waals surface area contributed by atoms with Gasteiger partial charge in [0.2, 0.25) is 0 Å². The molecule has 0 radical (unpaired) electrons. The summed E-state index contributed by atoms with van der Waals surface area (Å²) in [6.45, 7) is 8.81. The summed E-state index contributed by atoms with van der Waals surface area (Å²) < 4.78 is 0. The van der Waals surface area contributed by atoms with Crippen molar-refractivity contribution in [3.8, 4) is 0 Å². The molecule has 1 N–H and O–H groups in total. The maximum absolute atomic E-state index is 6.17. The molecule has 0 spiro atoms. The van der Waals surface area contributed by atoms with Gasteiger partial charge in [-0.2, -0.15) is 0 Å². The number of hydrogen-bond donors (Lipinski definition) is 1. The van der Waals surface area contributed by atoms with Crippen LogP contribution < -0.4 is 5.32 Å². The fraction of sp³-hybridized carbons (Fsp3) is 0.385. The minimum atomic E-state index is 0.251. The molecule has 1 unspecified atom stereocenters. The van der Waals surface area contributed by atoms with Gasteiger partial charge >= 0.3 is 0 Å². The Balaban J connectivity index is 2.82. The van der Waals surface area contributed by atoms with E-state index in [2.05, 4.69) is 18.8 Å². The van der Waals surface area contributed by atoms with E-state index >= 15 is 0 Å². The van der Waals surface area contributed by atoms with E-state index in [1.807, 2.05) is 19.1 Å². The Morgan fingerprint density at radius 3 is 2.62 bits per heavy atom. The molecule has 1 nitrogen and oxygen atoms in total. The van der Waals surface area contributed by atoms with Gasteiger partial charge in [0, 0.05) is 22.6 Å². The third-order valence-electron chi connectivity index (χ3n) is 2.40. The van der Waals surface area contributed by atoms with E-state index < -0.39 is 0 Å². The number of benzene rings is 1. The highest BCUT2D eigenvalue weighted by molar-refractivity contribution is 6.35. The average Bonchev–Trinajstić information content (AvgIpc) is 2.21. The van der Waals surface area contributed by atoms with Crippen LogP contribution in [0.25, 0.3) is 0 Å². The van der Waals surface area contributed by atoms with Gasteiger partial charge in [-0.05, 0) is 31.0 Å². The van der Waals surface area contributed by atoms with Crippen molar-refractivity contribution >= 4 is 23.2 Å². The summed E-state index contributed by atoms with van der Waals surface area (Å²) in [6, 6.07) is 5.88. The Labute approximate surface area is 107 Å². The molecule has 0 bridgehead atoms. The predicted molar refractivity (Wildman–Crippen MR) is 72.3 cm³/mol. The molecule has 0 fully saturated rings. The van der Waals surface area contributed by atoms with Gasteiger partial charge in [0.25, 0.3) is 0 Å². The molecule has 0 saturated heterocycles. The van der Waals surface area contributed by atoms with Crippen LogP contribution in [0, 0.1) is 0 Å². The molecule has 1 atom stereocenters. The topological polar surface area (TPSA) is 12.0 Å². The first-order chi connectivity index (χ1) is 7.54. The third kappa shape index (κ3) is 3.82. The highest BCUT2D eigenvalue weighted by Gasteiger charge is 2.12. The zero-order chi connectivity index (χ0) is 12.1. The molecule has 0 heterocycles. The number of rotatable bonds is 5. The van der Waals surface area contributed by atoms with E-state index in [-0.39, 0.29) is 6.04 Å². The molecule has 0 aromatic heterocycles. The second-order valence-corrected chi connectivity index (χ2v) is 4.81. The van der Waals surface area contributed by atoms with Crippen LogP contribution in [-0.2, 0) is 0 Å². The Morgan fingerprint density at radius 2 is 2.12 bits per heavy atom. The molecule has 0 aliphatic rings. The summed E-state index contributed by atoms with van der Waals surface area (Å²) in [5.41, 5.74) is 2.21.